The predicted octanol–water partition coefficient (Wildman–Crippen LogP) is 6.72. The highest BCUT2D eigenvalue weighted by Crippen LogP contribution is 2.67. The molecule has 3 nitrogen and oxygen atoms in total. The van der Waals surface area contributed by atoms with Gasteiger partial charge >= 0.3 is 0 Å². The first kappa shape index (κ1) is 23.1. The number of amides is 1. The molecule has 8 atom stereocenters. The van der Waals surface area contributed by atoms with Gasteiger partial charge in [0.05, 0.1) is 6.10 Å². The molecule has 0 aromatic heterocycles. The molecule has 34 heavy (non-hydrogen) atoms. The fourth-order valence-electron chi connectivity index (χ4n) is 10.0. The number of rotatable bonds is 4. The van der Waals surface area contributed by atoms with Gasteiger partial charge in [-0.05, 0) is 109 Å². The van der Waals surface area contributed by atoms with Gasteiger partial charge in [0.2, 0.25) is 5.91 Å². The van der Waals surface area contributed by atoms with E-state index in [0.717, 1.165) is 43.7 Å². The highest BCUT2D eigenvalue weighted by molar-refractivity contribution is 5.76. The van der Waals surface area contributed by atoms with Crippen LogP contribution in [0, 0.1) is 40.4 Å². The minimum Gasteiger partial charge on any atom is -0.393 e. The second kappa shape index (κ2) is 8.64. The molecule has 0 radical (unpaired) electrons. The maximum Gasteiger partial charge on any atom is 0.223 e. The number of carbonyl (C=O) groups is 1. The second-order valence-corrected chi connectivity index (χ2v) is 13.3. The summed E-state index contributed by atoms with van der Waals surface area (Å²) in [6, 6.07) is 8.48. The van der Waals surface area contributed by atoms with Crippen molar-refractivity contribution in [2.45, 2.75) is 110 Å². The molecule has 1 amide bonds. The van der Waals surface area contributed by atoms with E-state index >= 15 is 0 Å². The van der Waals surface area contributed by atoms with Crippen molar-refractivity contribution in [1.82, 2.24) is 4.90 Å². The van der Waals surface area contributed by atoms with Gasteiger partial charge in [0.1, 0.15) is 0 Å². The lowest BCUT2D eigenvalue weighted by Gasteiger charge is -2.62. The summed E-state index contributed by atoms with van der Waals surface area (Å²) in [6.45, 7) is 6.74. The van der Waals surface area contributed by atoms with Gasteiger partial charge in [-0.1, -0.05) is 51.0 Å². The molecule has 4 saturated carbocycles. The van der Waals surface area contributed by atoms with Crippen molar-refractivity contribution in [2.24, 2.45) is 40.4 Å². The first-order valence-electron chi connectivity index (χ1n) is 14.4. The molecule has 5 aliphatic rings. The van der Waals surface area contributed by atoms with Crippen molar-refractivity contribution in [3.8, 4) is 0 Å². The SMILES string of the molecule is CC12CCC3C(C(O)CC4CCCCC43C)C1CCC2CCCC(=O)N1Cc2ccccc2C1. The summed E-state index contributed by atoms with van der Waals surface area (Å²) < 4.78 is 0. The quantitative estimate of drug-likeness (QED) is 0.538. The molecule has 1 aliphatic heterocycles. The average molecular weight is 464 g/mol. The molecule has 186 valence electrons. The molecule has 0 spiro atoms. The Hall–Kier alpha value is -1.35. The molecule has 1 aromatic carbocycles. The topological polar surface area (TPSA) is 40.5 Å². The number of nitrogens with zero attached hydrogens (tertiary/aromatic N) is 1. The molecule has 0 bridgehead atoms. The summed E-state index contributed by atoms with van der Waals surface area (Å²) in [7, 11) is 0. The zero-order valence-corrected chi connectivity index (χ0v) is 21.5. The van der Waals surface area contributed by atoms with Crippen LogP contribution in [-0.2, 0) is 17.9 Å². The van der Waals surface area contributed by atoms with Crippen molar-refractivity contribution < 1.29 is 9.90 Å². The van der Waals surface area contributed by atoms with Gasteiger partial charge in [0.25, 0.3) is 0 Å². The fraction of sp³-hybridized carbons (Fsp3) is 0.774. The summed E-state index contributed by atoms with van der Waals surface area (Å²) in [5.41, 5.74) is 3.48. The molecular weight excluding hydrogens is 418 g/mol. The first-order chi connectivity index (χ1) is 16.4. The maximum absolute atomic E-state index is 12.9. The van der Waals surface area contributed by atoms with Crippen molar-refractivity contribution in [2.75, 3.05) is 0 Å². The Morgan fingerprint density at radius 3 is 2.47 bits per heavy atom. The van der Waals surface area contributed by atoms with E-state index in [0.29, 0.717) is 35.0 Å². The first-order valence-corrected chi connectivity index (χ1v) is 14.4. The fourth-order valence-corrected chi connectivity index (χ4v) is 10.0. The van der Waals surface area contributed by atoms with Gasteiger partial charge in [0, 0.05) is 19.5 Å². The van der Waals surface area contributed by atoms with E-state index in [2.05, 4.69) is 43.0 Å². The van der Waals surface area contributed by atoms with Gasteiger partial charge in [-0.3, -0.25) is 4.79 Å². The third kappa shape index (κ3) is 3.59. The Kier molecular flexibility index (Phi) is 5.87. The number of benzene rings is 1. The third-order valence-electron chi connectivity index (χ3n) is 11.9. The average Bonchev–Trinajstić information content (AvgIpc) is 3.41. The van der Waals surface area contributed by atoms with Crippen LogP contribution in [0.2, 0.25) is 0 Å². The normalized spacial score (nSPS) is 43.1. The van der Waals surface area contributed by atoms with Gasteiger partial charge in [-0.15, -0.1) is 0 Å². The van der Waals surface area contributed by atoms with E-state index < -0.39 is 0 Å². The number of carbonyl (C=O) groups excluding carboxylic acids is 1. The molecule has 1 N–H and O–H groups in total. The van der Waals surface area contributed by atoms with Crippen LogP contribution in [-0.4, -0.2) is 22.0 Å². The Balaban J connectivity index is 1.08. The molecule has 6 rings (SSSR count). The molecule has 8 unspecified atom stereocenters. The number of hydrogen-bond acceptors (Lipinski definition) is 2. The van der Waals surface area contributed by atoms with Crippen LogP contribution in [0.5, 0.6) is 0 Å². The molecule has 4 aliphatic carbocycles. The lowest BCUT2D eigenvalue weighted by molar-refractivity contribution is -0.162. The summed E-state index contributed by atoms with van der Waals surface area (Å²) in [5, 5.41) is 11.4. The Bertz CT molecular complexity index is 903. The van der Waals surface area contributed by atoms with E-state index in [9.17, 15) is 9.90 Å². The van der Waals surface area contributed by atoms with Crippen LogP contribution >= 0.6 is 0 Å². The van der Waals surface area contributed by atoms with E-state index in [1.165, 1.54) is 68.9 Å². The Morgan fingerprint density at radius 2 is 1.71 bits per heavy atom. The van der Waals surface area contributed by atoms with Crippen LogP contribution < -0.4 is 0 Å². The van der Waals surface area contributed by atoms with Crippen molar-refractivity contribution in [1.29, 1.82) is 0 Å². The lowest BCUT2D eigenvalue weighted by atomic mass is 9.44. The molecule has 3 heteroatoms. The molecule has 0 saturated heterocycles. The van der Waals surface area contributed by atoms with Gasteiger partial charge in [-0.25, -0.2) is 0 Å². The van der Waals surface area contributed by atoms with Gasteiger partial charge in [-0.2, -0.15) is 0 Å². The lowest BCUT2D eigenvalue weighted by Crippen LogP contribution is -2.57. The highest BCUT2D eigenvalue weighted by atomic mass is 16.3. The number of fused-ring (bicyclic) bond motifs is 6. The van der Waals surface area contributed by atoms with Crippen LogP contribution in [0.3, 0.4) is 0 Å². The molecule has 1 aromatic rings. The van der Waals surface area contributed by atoms with Crippen LogP contribution in [0.1, 0.15) is 102 Å². The van der Waals surface area contributed by atoms with E-state index in [4.69, 9.17) is 0 Å². The predicted molar refractivity (Wildman–Crippen MR) is 136 cm³/mol. The van der Waals surface area contributed by atoms with Crippen LogP contribution in [0.4, 0.5) is 0 Å². The summed E-state index contributed by atoms with van der Waals surface area (Å²) in [5.74, 6) is 3.76. The van der Waals surface area contributed by atoms with E-state index in [1.54, 1.807) is 0 Å². The van der Waals surface area contributed by atoms with Crippen LogP contribution in [0.25, 0.3) is 0 Å². The van der Waals surface area contributed by atoms with Gasteiger partial charge in [0.15, 0.2) is 0 Å². The zero-order chi connectivity index (χ0) is 23.5. The van der Waals surface area contributed by atoms with Gasteiger partial charge < -0.3 is 10.0 Å². The van der Waals surface area contributed by atoms with E-state index in [1.807, 2.05) is 0 Å². The zero-order valence-electron chi connectivity index (χ0n) is 21.5. The maximum atomic E-state index is 12.9. The second-order valence-electron chi connectivity index (χ2n) is 13.3. The number of hydrogen-bond donors (Lipinski definition) is 1. The number of aliphatic hydroxyl groups excluding tert-OH is 1. The van der Waals surface area contributed by atoms with Crippen LogP contribution in [0.15, 0.2) is 24.3 Å². The molecule has 4 fully saturated rings. The van der Waals surface area contributed by atoms with Crippen molar-refractivity contribution in [3.05, 3.63) is 35.4 Å². The Labute approximate surface area is 206 Å². The van der Waals surface area contributed by atoms with E-state index in [-0.39, 0.29) is 6.10 Å². The monoisotopic (exact) mass is 463 g/mol. The summed E-state index contributed by atoms with van der Waals surface area (Å²) in [4.78, 5) is 15.0. The minimum atomic E-state index is -0.0806. The minimum absolute atomic E-state index is 0.0806. The summed E-state index contributed by atoms with van der Waals surface area (Å²) >= 11 is 0. The highest BCUT2D eigenvalue weighted by Gasteiger charge is 2.61. The summed E-state index contributed by atoms with van der Waals surface area (Å²) in [6.07, 6.45) is 14.7. The largest absolute Gasteiger partial charge is 0.393 e. The van der Waals surface area contributed by atoms with Crippen molar-refractivity contribution >= 4 is 5.91 Å². The molecular formula is C31H45NO2. The molecule has 1 heterocycles. The number of aliphatic hydroxyl groups is 1. The van der Waals surface area contributed by atoms with Crippen molar-refractivity contribution in [3.63, 3.8) is 0 Å². The standard InChI is InChI=1S/C31H45NO2/c1-30-16-6-5-10-24(30)18-27(33)29-25-14-13-23(31(25,2)17-15-26(29)30)11-7-12-28(34)32-19-21-8-3-4-9-22(21)20-32/h3-4,8-9,23-27,29,33H,5-7,10-20H2,1-2H3. The third-order valence-corrected chi connectivity index (χ3v) is 11.9. The Morgan fingerprint density at radius 1 is 0.971 bits per heavy atom. The smallest absolute Gasteiger partial charge is 0.223 e.